The Morgan fingerprint density at radius 2 is 1.93 bits per heavy atom. The van der Waals surface area contributed by atoms with Gasteiger partial charge >= 0.3 is 0 Å². The molecule has 0 bridgehead atoms. The third kappa shape index (κ3) is 6.04. The highest BCUT2D eigenvalue weighted by Crippen LogP contribution is 2.40. The zero-order chi connectivity index (χ0) is 20.0. The Morgan fingerprint density at radius 1 is 1.21 bits per heavy atom. The molecule has 0 saturated carbocycles. The second kappa shape index (κ2) is 10.2. The molecule has 6 heteroatoms. The summed E-state index contributed by atoms with van der Waals surface area (Å²) in [7, 11) is 0. The van der Waals surface area contributed by atoms with E-state index in [1.807, 2.05) is 0 Å². The van der Waals surface area contributed by atoms with Crippen LogP contribution in [0.4, 0.5) is 4.39 Å². The number of aliphatic hydroxyl groups is 1. The van der Waals surface area contributed by atoms with Crippen LogP contribution in [-0.2, 0) is 8.92 Å². The van der Waals surface area contributed by atoms with E-state index in [9.17, 15) is 9.50 Å². The number of halogens is 2. The molecule has 28 heavy (non-hydrogen) atoms. The summed E-state index contributed by atoms with van der Waals surface area (Å²) in [5.74, 6) is -0.315. The molecule has 2 aromatic carbocycles. The fraction of sp³-hybridized carbons (Fsp3) is 0.455. The Kier molecular flexibility index (Phi) is 7.94. The van der Waals surface area contributed by atoms with Crippen molar-refractivity contribution in [2.24, 2.45) is 5.41 Å². The summed E-state index contributed by atoms with van der Waals surface area (Å²) in [4.78, 5) is 1.09. The third-order valence-electron chi connectivity index (χ3n) is 5.36. The molecule has 0 aliphatic carbocycles. The van der Waals surface area contributed by atoms with E-state index >= 15 is 0 Å². The minimum Gasteiger partial charge on any atom is -0.388 e. The lowest BCUT2D eigenvalue weighted by molar-refractivity contribution is -0.0182. The van der Waals surface area contributed by atoms with Crippen molar-refractivity contribution in [3.05, 3.63) is 63.9 Å². The normalized spacial score (nSPS) is 17.4. The molecule has 2 aromatic rings. The van der Waals surface area contributed by atoms with Crippen LogP contribution in [0.1, 0.15) is 42.9 Å². The maximum atomic E-state index is 13.3. The first-order chi connectivity index (χ1) is 13.5. The summed E-state index contributed by atoms with van der Waals surface area (Å²) >= 11 is 4.76. The maximum absolute atomic E-state index is 13.3. The fourth-order valence-corrected chi connectivity index (χ4v) is 4.76. The van der Waals surface area contributed by atoms with Gasteiger partial charge in [-0.1, -0.05) is 39.7 Å². The van der Waals surface area contributed by atoms with Crippen molar-refractivity contribution in [2.75, 3.05) is 19.8 Å². The number of aliphatic hydroxyl groups excluding tert-OH is 1. The molecule has 1 fully saturated rings. The molecular formula is C22H26BrFO3S. The molecule has 1 N–H and O–H groups in total. The standard InChI is InChI=1S/C22H26BrFO3S/c1-16-2-5-18(6-3-16)28-27-15-22(10-12-26-13-11-22)9-8-21(25)19-7-4-17(24)14-20(19)23/h2-7,14,21,25H,8-13,15H2,1H3. The number of hydrogen-bond acceptors (Lipinski definition) is 4. The molecule has 1 atom stereocenters. The van der Waals surface area contributed by atoms with Gasteiger partial charge in [0, 0.05) is 34.6 Å². The van der Waals surface area contributed by atoms with Crippen LogP contribution in [0.3, 0.4) is 0 Å². The van der Waals surface area contributed by atoms with Crippen molar-refractivity contribution in [2.45, 2.75) is 43.6 Å². The molecule has 1 unspecified atom stereocenters. The molecule has 1 aliphatic heterocycles. The van der Waals surface area contributed by atoms with Crippen LogP contribution >= 0.6 is 28.0 Å². The zero-order valence-electron chi connectivity index (χ0n) is 16.0. The molecule has 3 nitrogen and oxygen atoms in total. The lowest BCUT2D eigenvalue weighted by Gasteiger charge is -2.37. The first-order valence-electron chi connectivity index (χ1n) is 9.54. The van der Waals surface area contributed by atoms with Gasteiger partial charge in [0.15, 0.2) is 0 Å². The minimum atomic E-state index is -0.639. The van der Waals surface area contributed by atoms with Crippen molar-refractivity contribution in [1.82, 2.24) is 0 Å². The second-order valence-electron chi connectivity index (χ2n) is 7.49. The molecule has 1 heterocycles. The van der Waals surface area contributed by atoms with Crippen LogP contribution in [0.25, 0.3) is 0 Å². The highest BCUT2D eigenvalue weighted by Gasteiger charge is 2.34. The monoisotopic (exact) mass is 468 g/mol. The van der Waals surface area contributed by atoms with Gasteiger partial charge < -0.3 is 14.0 Å². The number of benzene rings is 2. The number of aryl methyl sites for hydroxylation is 1. The smallest absolute Gasteiger partial charge is 0.124 e. The van der Waals surface area contributed by atoms with Crippen LogP contribution in [0.15, 0.2) is 51.8 Å². The predicted octanol–water partition coefficient (Wildman–Crippen LogP) is 6.23. The first kappa shape index (κ1) is 21.8. The van der Waals surface area contributed by atoms with Gasteiger partial charge in [0.2, 0.25) is 0 Å². The first-order valence-corrected chi connectivity index (χ1v) is 11.1. The number of rotatable bonds is 8. The topological polar surface area (TPSA) is 38.7 Å². The number of ether oxygens (including phenoxy) is 1. The molecule has 3 rings (SSSR count). The van der Waals surface area contributed by atoms with Gasteiger partial charge in [-0.05, 0) is 67.9 Å². The van der Waals surface area contributed by atoms with Crippen LogP contribution in [0, 0.1) is 18.2 Å². The molecule has 0 aromatic heterocycles. The van der Waals surface area contributed by atoms with Crippen LogP contribution in [0.5, 0.6) is 0 Å². The fourth-order valence-electron chi connectivity index (χ4n) is 3.46. The summed E-state index contributed by atoms with van der Waals surface area (Å²) in [5.41, 5.74) is 1.94. The van der Waals surface area contributed by atoms with Gasteiger partial charge in [-0.15, -0.1) is 0 Å². The third-order valence-corrected chi connectivity index (χ3v) is 6.75. The van der Waals surface area contributed by atoms with E-state index in [0.717, 1.165) is 42.9 Å². The molecule has 0 spiro atoms. The SMILES string of the molecule is Cc1ccc(SOCC2(CCC(O)c3ccc(F)cc3Br)CCOCC2)cc1. The maximum Gasteiger partial charge on any atom is 0.124 e. The molecule has 1 aliphatic rings. The van der Waals surface area contributed by atoms with Crippen LogP contribution in [-0.4, -0.2) is 24.9 Å². The van der Waals surface area contributed by atoms with E-state index in [2.05, 4.69) is 47.1 Å². The van der Waals surface area contributed by atoms with Gasteiger partial charge in [0.25, 0.3) is 0 Å². The Hall–Kier alpha value is -0.920. The summed E-state index contributed by atoms with van der Waals surface area (Å²) < 4.78 is 25.5. The quantitative estimate of drug-likeness (QED) is 0.465. The van der Waals surface area contributed by atoms with E-state index in [0.29, 0.717) is 17.5 Å². The molecule has 1 saturated heterocycles. The summed E-state index contributed by atoms with van der Waals surface area (Å²) in [5, 5.41) is 10.6. The highest BCUT2D eigenvalue weighted by molar-refractivity contribution is 9.10. The number of hydrogen-bond donors (Lipinski definition) is 1. The molecular weight excluding hydrogens is 443 g/mol. The van der Waals surface area contributed by atoms with Crippen molar-refractivity contribution < 1.29 is 18.4 Å². The van der Waals surface area contributed by atoms with E-state index in [-0.39, 0.29) is 11.2 Å². The average Bonchev–Trinajstić information content (AvgIpc) is 2.69. The lowest BCUT2D eigenvalue weighted by Crippen LogP contribution is -2.34. The zero-order valence-corrected chi connectivity index (χ0v) is 18.4. The van der Waals surface area contributed by atoms with Crippen molar-refractivity contribution in [3.63, 3.8) is 0 Å². The Morgan fingerprint density at radius 3 is 2.61 bits per heavy atom. The molecule has 0 amide bonds. The summed E-state index contributed by atoms with van der Waals surface area (Å²) in [6.07, 6.45) is 2.62. The van der Waals surface area contributed by atoms with Crippen molar-refractivity contribution in [1.29, 1.82) is 0 Å². The van der Waals surface area contributed by atoms with Crippen molar-refractivity contribution >= 4 is 28.0 Å². The Labute approximate surface area is 179 Å². The van der Waals surface area contributed by atoms with Crippen LogP contribution in [0.2, 0.25) is 0 Å². The predicted molar refractivity (Wildman–Crippen MR) is 114 cm³/mol. The average molecular weight is 469 g/mol. The molecule has 0 radical (unpaired) electrons. The Bertz CT molecular complexity index is 763. The second-order valence-corrected chi connectivity index (χ2v) is 9.22. The highest BCUT2D eigenvalue weighted by atomic mass is 79.9. The van der Waals surface area contributed by atoms with Gasteiger partial charge in [-0.3, -0.25) is 0 Å². The summed E-state index contributed by atoms with van der Waals surface area (Å²) in [6, 6.07) is 12.7. The summed E-state index contributed by atoms with van der Waals surface area (Å²) in [6.45, 7) is 4.12. The largest absolute Gasteiger partial charge is 0.388 e. The molecule has 152 valence electrons. The van der Waals surface area contributed by atoms with E-state index < -0.39 is 6.10 Å². The van der Waals surface area contributed by atoms with E-state index in [1.165, 1.54) is 29.7 Å². The minimum absolute atomic E-state index is 0.0105. The van der Waals surface area contributed by atoms with Gasteiger partial charge in [0.05, 0.1) is 12.7 Å². The van der Waals surface area contributed by atoms with Gasteiger partial charge in [0.1, 0.15) is 5.82 Å². The van der Waals surface area contributed by atoms with Gasteiger partial charge in [-0.2, -0.15) is 0 Å². The van der Waals surface area contributed by atoms with Crippen LogP contribution < -0.4 is 0 Å². The van der Waals surface area contributed by atoms with Gasteiger partial charge in [-0.25, -0.2) is 4.39 Å². The lowest BCUT2D eigenvalue weighted by atomic mass is 9.76. The van der Waals surface area contributed by atoms with Crippen molar-refractivity contribution in [3.8, 4) is 0 Å². The Balaban J connectivity index is 1.58. The van der Waals surface area contributed by atoms with E-state index in [4.69, 9.17) is 8.92 Å². The van der Waals surface area contributed by atoms with E-state index in [1.54, 1.807) is 6.07 Å².